The average Bonchev–Trinajstić information content (AvgIpc) is 2.39. The summed E-state index contributed by atoms with van der Waals surface area (Å²) in [4.78, 5) is 11.0. The molecule has 0 aliphatic rings. The highest BCUT2D eigenvalue weighted by atomic mass is 16.5. The van der Waals surface area contributed by atoms with Crippen LogP contribution < -0.4 is 10.3 Å². The van der Waals surface area contributed by atoms with Crippen molar-refractivity contribution in [3.05, 3.63) is 46.8 Å². The van der Waals surface area contributed by atoms with E-state index in [1.165, 1.54) is 6.07 Å². The molecule has 4 nitrogen and oxygen atoms in total. The molecule has 1 unspecified atom stereocenters. The van der Waals surface area contributed by atoms with Crippen LogP contribution in [0.4, 0.5) is 0 Å². The van der Waals surface area contributed by atoms with Gasteiger partial charge < -0.3 is 4.74 Å². The summed E-state index contributed by atoms with van der Waals surface area (Å²) in [6.45, 7) is 8.49. The Bertz CT molecular complexity index is 621. The van der Waals surface area contributed by atoms with Gasteiger partial charge in [-0.2, -0.15) is 5.10 Å². The Morgan fingerprint density at radius 3 is 2.55 bits per heavy atom. The number of aromatic amines is 1. The highest BCUT2D eigenvalue weighted by Gasteiger charge is 2.21. The smallest absolute Gasteiger partial charge is 0.264 e. The molecule has 20 heavy (non-hydrogen) atoms. The number of ether oxygens (including phenoxy) is 1. The quantitative estimate of drug-likeness (QED) is 0.933. The van der Waals surface area contributed by atoms with E-state index in [2.05, 4.69) is 37.9 Å². The van der Waals surface area contributed by atoms with E-state index in [4.69, 9.17) is 4.74 Å². The van der Waals surface area contributed by atoms with E-state index in [1.807, 2.05) is 24.3 Å². The first kappa shape index (κ1) is 14.3. The van der Waals surface area contributed by atoms with Crippen LogP contribution in [0.1, 0.15) is 27.7 Å². The van der Waals surface area contributed by atoms with E-state index >= 15 is 0 Å². The number of H-pyrrole nitrogens is 1. The van der Waals surface area contributed by atoms with Crippen molar-refractivity contribution < 1.29 is 4.74 Å². The van der Waals surface area contributed by atoms with Gasteiger partial charge in [0.2, 0.25) is 0 Å². The third-order valence-electron chi connectivity index (χ3n) is 3.34. The Kier molecular flexibility index (Phi) is 3.93. The molecule has 1 aromatic heterocycles. The van der Waals surface area contributed by atoms with Crippen LogP contribution in [0.2, 0.25) is 0 Å². The molecule has 1 N–H and O–H groups in total. The number of benzene rings is 1. The van der Waals surface area contributed by atoms with Gasteiger partial charge in [0, 0.05) is 11.6 Å². The van der Waals surface area contributed by atoms with Crippen molar-refractivity contribution in [2.45, 2.75) is 33.8 Å². The average molecular weight is 272 g/mol. The second kappa shape index (κ2) is 5.49. The summed E-state index contributed by atoms with van der Waals surface area (Å²) in [5.41, 5.74) is 1.51. The van der Waals surface area contributed by atoms with Crippen LogP contribution in [-0.4, -0.2) is 16.3 Å². The molecule has 1 heterocycles. The van der Waals surface area contributed by atoms with E-state index in [1.54, 1.807) is 6.07 Å². The molecule has 0 aliphatic carbocycles. The van der Waals surface area contributed by atoms with Crippen LogP contribution >= 0.6 is 0 Å². The molecule has 4 heteroatoms. The normalized spacial score (nSPS) is 13.0. The van der Waals surface area contributed by atoms with Crippen LogP contribution in [0.5, 0.6) is 5.75 Å². The highest BCUT2D eigenvalue weighted by Crippen LogP contribution is 2.27. The van der Waals surface area contributed by atoms with Crippen molar-refractivity contribution >= 4 is 0 Å². The van der Waals surface area contributed by atoms with Gasteiger partial charge in [0.25, 0.3) is 5.56 Å². The zero-order valence-electron chi connectivity index (χ0n) is 12.3. The topological polar surface area (TPSA) is 55.0 Å². The van der Waals surface area contributed by atoms with Crippen LogP contribution in [0.3, 0.4) is 0 Å². The molecule has 0 aliphatic heterocycles. The molecular weight excluding hydrogens is 252 g/mol. The van der Waals surface area contributed by atoms with Crippen molar-refractivity contribution in [1.82, 2.24) is 10.2 Å². The second-order valence-corrected chi connectivity index (χ2v) is 5.96. The van der Waals surface area contributed by atoms with Crippen LogP contribution in [0.25, 0.3) is 11.3 Å². The summed E-state index contributed by atoms with van der Waals surface area (Å²) in [6, 6.07) is 10.9. The predicted molar refractivity (Wildman–Crippen MR) is 79.8 cm³/mol. The SMILES string of the molecule is CC(Oc1cccc(-c2ccc(=O)[nH]n2)c1)C(C)(C)C. The zero-order valence-corrected chi connectivity index (χ0v) is 12.3. The Morgan fingerprint density at radius 1 is 1.20 bits per heavy atom. The number of nitrogens with one attached hydrogen (secondary N) is 1. The van der Waals surface area contributed by atoms with Gasteiger partial charge in [-0.1, -0.05) is 32.9 Å². The Labute approximate surface area is 118 Å². The van der Waals surface area contributed by atoms with Crippen molar-refractivity contribution in [1.29, 1.82) is 0 Å². The van der Waals surface area contributed by atoms with Crippen molar-refractivity contribution in [3.63, 3.8) is 0 Å². The Morgan fingerprint density at radius 2 is 1.95 bits per heavy atom. The summed E-state index contributed by atoms with van der Waals surface area (Å²) in [7, 11) is 0. The number of aromatic nitrogens is 2. The van der Waals surface area contributed by atoms with Gasteiger partial charge in [0.05, 0.1) is 5.69 Å². The van der Waals surface area contributed by atoms with Gasteiger partial charge >= 0.3 is 0 Å². The summed E-state index contributed by atoms with van der Waals surface area (Å²) < 4.78 is 5.96. The summed E-state index contributed by atoms with van der Waals surface area (Å²) >= 11 is 0. The molecule has 0 saturated heterocycles. The minimum Gasteiger partial charge on any atom is -0.490 e. The molecule has 2 aromatic rings. The molecule has 1 atom stereocenters. The summed E-state index contributed by atoms with van der Waals surface area (Å²) in [6.07, 6.45) is 0.0984. The maximum Gasteiger partial charge on any atom is 0.264 e. The van der Waals surface area contributed by atoms with Gasteiger partial charge in [-0.15, -0.1) is 0 Å². The number of hydrogen-bond donors (Lipinski definition) is 1. The second-order valence-electron chi connectivity index (χ2n) is 5.96. The van der Waals surface area contributed by atoms with Gasteiger partial charge in [0.1, 0.15) is 11.9 Å². The predicted octanol–water partition coefficient (Wildman–Crippen LogP) is 3.25. The fourth-order valence-corrected chi connectivity index (χ4v) is 1.61. The number of nitrogens with zero attached hydrogens (tertiary/aromatic N) is 1. The molecule has 0 spiro atoms. The lowest BCUT2D eigenvalue weighted by Crippen LogP contribution is -2.28. The van der Waals surface area contributed by atoms with E-state index < -0.39 is 0 Å². The third-order valence-corrected chi connectivity index (χ3v) is 3.34. The first-order valence-electron chi connectivity index (χ1n) is 6.69. The van der Waals surface area contributed by atoms with E-state index in [0.717, 1.165) is 17.0 Å². The first-order valence-corrected chi connectivity index (χ1v) is 6.69. The summed E-state index contributed by atoms with van der Waals surface area (Å²) in [5, 5.41) is 6.46. The maximum atomic E-state index is 11.0. The maximum absolute atomic E-state index is 11.0. The lowest BCUT2D eigenvalue weighted by molar-refractivity contribution is 0.104. The van der Waals surface area contributed by atoms with Crippen molar-refractivity contribution in [2.75, 3.05) is 0 Å². The third kappa shape index (κ3) is 3.47. The van der Waals surface area contributed by atoms with Gasteiger partial charge in [-0.3, -0.25) is 4.79 Å². The number of rotatable bonds is 3. The minimum absolute atomic E-state index is 0.0756. The molecule has 2 rings (SSSR count). The lowest BCUT2D eigenvalue weighted by Gasteiger charge is -2.28. The van der Waals surface area contributed by atoms with E-state index in [-0.39, 0.29) is 17.1 Å². The molecule has 0 saturated carbocycles. The van der Waals surface area contributed by atoms with Gasteiger partial charge in [-0.05, 0) is 30.5 Å². The largest absolute Gasteiger partial charge is 0.490 e. The Balaban J connectivity index is 2.24. The van der Waals surface area contributed by atoms with E-state index in [0.29, 0.717) is 0 Å². The van der Waals surface area contributed by atoms with Gasteiger partial charge in [0.15, 0.2) is 0 Å². The molecule has 0 fully saturated rings. The van der Waals surface area contributed by atoms with Crippen LogP contribution in [-0.2, 0) is 0 Å². The molecule has 0 amide bonds. The molecule has 1 aromatic carbocycles. The fraction of sp³-hybridized carbons (Fsp3) is 0.375. The van der Waals surface area contributed by atoms with Crippen molar-refractivity contribution in [3.8, 4) is 17.0 Å². The van der Waals surface area contributed by atoms with Crippen LogP contribution in [0, 0.1) is 5.41 Å². The van der Waals surface area contributed by atoms with Gasteiger partial charge in [-0.25, -0.2) is 5.10 Å². The number of hydrogen-bond acceptors (Lipinski definition) is 3. The highest BCUT2D eigenvalue weighted by molar-refractivity contribution is 5.60. The lowest BCUT2D eigenvalue weighted by atomic mass is 9.90. The minimum atomic E-state index is -0.206. The van der Waals surface area contributed by atoms with Crippen LogP contribution in [0.15, 0.2) is 41.2 Å². The fourth-order valence-electron chi connectivity index (χ4n) is 1.61. The molecular formula is C16H20N2O2. The first-order chi connectivity index (χ1) is 9.36. The molecule has 106 valence electrons. The molecule has 0 bridgehead atoms. The molecule has 0 radical (unpaired) electrons. The standard InChI is InChI=1S/C16H20N2O2/c1-11(16(2,3)4)20-13-7-5-6-12(10-13)14-8-9-15(19)18-17-14/h5-11H,1-4H3,(H,18,19). The monoisotopic (exact) mass is 272 g/mol. The van der Waals surface area contributed by atoms with E-state index in [9.17, 15) is 4.79 Å². The Hall–Kier alpha value is -2.10. The summed E-state index contributed by atoms with van der Waals surface area (Å²) in [5.74, 6) is 0.804. The van der Waals surface area contributed by atoms with Crippen molar-refractivity contribution in [2.24, 2.45) is 5.41 Å². The zero-order chi connectivity index (χ0) is 14.8.